The van der Waals surface area contributed by atoms with Crippen LogP contribution in [0.25, 0.3) is 0 Å². The van der Waals surface area contributed by atoms with Crippen molar-refractivity contribution in [3.05, 3.63) is 65.2 Å². The number of halogens is 3. The number of ether oxygens (including phenoxy) is 1. The average molecular weight is 490 g/mol. The fraction of sp³-hybridized carbons (Fsp3) is 0.536. The van der Waals surface area contributed by atoms with Gasteiger partial charge in [-0.1, -0.05) is 56.4 Å². The monoisotopic (exact) mass is 489 g/mol. The predicted molar refractivity (Wildman–Crippen MR) is 128 cm³/mol. The Bertz CT molecular complexity index is 945. The van der Waals surface area contributed by atoms with Gasteiger partial charge in [-0.2, -0.15) is 0 Å². The van der Waals surface area contributed by atoms with Gasteiger partial charge < -0.3 is 9.84 Å². The van der Waals surface area contributed by atoms with Gasteiger partial charge in [0, 0.05) is 19.1 Å². The summed E-state index contributed by atoms with van der Waals surface area (Å²) in [6, 6.07) is 13.4. The fourth-order valence-electron chi connectivity index (χ4n) is 5.88. The number of alkyl halides is 3. The molecular formula is C28H34F3NO3. The third-order valence-electron chi connectivity index (χ3n) is 7.70. The van der Waals surface area contributed by atoms with E-state index in [0.717, 1.165) is 35.8 Å². The Morgan fingerprint density at radius 2 is 1.31 bits per heavy atom. The molecule has 0 atom stereocenters. The lowest BCUT2D eigenvalue weighted by atomic mass is 9.72. The van der Waals surface area contributed by atoms with Gasteiger partial charge in [0.05, 0.1) is 5.56 Å². The molecule has 0 spiro atoms. The molecule has 190 valence electrons. The van der Waals surface area contributed by atoms with Gasteiger partial charge in [-0.25, -0.2) is 4.79 Å². The Hall–Kier alpha value is -2.54. The van der Waals surface area contributed by atoms with E-state index >= 15 is 0 Å². The molecule has 4 nitrogen and oxygen atoms in total. The van der Waals surface area contributed by atoms with E-state index in [9.17, 15) is 23.1 Å². The van der Waals surface area contributed by atoms with Crippen LogP contribution in [0.1, 0.15) is 79.3 Å². The fourth-order valence-corrected chi connectivity index (χ4v) is 5.88. The highest BCUT2D eigenvalue weighted by molar-refractivity contribution is 5.87. The van der Waals surface area contributed by atoms with Gasteiger partial charge in [-0.05, 0) is 72.9 Å². The topological polar surface area (TPSA) is 49.8 Å². The molecule has 2 aliphatic rings. The van der Waals surface area contributed by atoms with Gasteiger partial charge in [0.25, 0.3) is 0 Å². The minimum Gasteiger partial charge on any atom is -0.478 e. The van der Waals surface area contributed by atoms with E-state index in [-0.39, 0.29) is 11.3 Å². The Morgan fingerprint density at radius 1 is 0.800 bits per heavy atom. The first-order valence-corrected chi connectivity index (χ1v) is 12.7. The van der Waals surface area contributed by atoms with Crippen LogP contribution in [0.3, 0.4) is 0 Å². The Kier molecular flexibility index (Phi) is 8.37. The minimum atomic E-state index is -4.70. The number of rotatable bonds is 8. The molecule has 4 rings (SSSR count). The summed E-state index contributed by atoms with van der Waals surface area (Å²) >= 11 is 0. The van der Waals surface area contributed by atoms with Gasteiger partial charge in [-0.3, -0.25) is 4.90 Å². The highest BCUT2D eigenvalue weighted by Gasteiger charge is 2.32. The molecule has 0 unspecified atom stereocenters. The van der Waals surface area contributed by atoms with Crippen molar-refractivity contribution >= 4 is 5.97 Å². The predicted octanol–water partition coefficient (Wildman–Crippen LogP) is 7.42. The van der Waals surface area contributed by atoms with Crippen LogP contribution in [0, 0.1) is 11.8 Å². The molecule has 2 aromatic rings. The first-order chi connectivity index (χ1) is 16.8. The zero-order chi connectivity index (χ0) is 24.8. The molecule has 0 heterocycles. The Morgan fingerprint density at radius 3 is 1.83 bits per heavy atom. The summed E-state index contributed by atoms with van der Waals surface area (Å²) in [6.07, 6.45) is 6.79. The summed E-state index contributed by atoms with van der Waals surface area (Å²) in [4.78, 5) is 13.6. The van der Waals surface area contributed by atoms with Gasteiger partial charge in [-0.15, -0.1) is 13.2 Å². The first-order valence-electron chi connectivity index (χ1n) is 12.7. The number of aromatic carboxylic acids is 1. The standard InChI is InChI=1S/C28H34F3NO3/c29-28(30,31)35-26-16-8-21(9-17-26)19-32(18-20-6-10-24(11-7-20)27(33)34)25-14-12-23(13-15-25)22-4-2-1-3-5-22/h6-11,16-17,22-23,25H,1-5,12-15,18-19H2,(H,33,34). The maximum atomic E-state index is 12.5. The summed E-state index contributed by atoms with van der Waals surface area (Å²) < 4.78 is 41.6. The summed E-state index contributed by atoms with van der Waals surface area (Å²) in [6.45, 7) is 1.28. The highest BCUT2D eigenvalue weighted by atomic mass is 19.4. The first kappa shape index (κ1) is 25.5. The minimum absolute atomic E-state index is 0.218. The molecule has 2 aliphatic carbocycles. The SMILES string of the molecule is O=C(O)c1ccc(CN(Cc2ccc(OC(F)(F)F)cc2)C2CCC(C3CCCCC3)CC2)cc1. The molecular weight excluding hydrogens is 455 g/mol. The molecule has 1 N–H and O–H groups in total. The number of nitrogens with zero attached hydrogens (tertiary/aromatic N) is 1. The van der Waals surface area contributed by atoms with E-state index in [1.807, 2.05) is 12.1 Å². The molecule has 0 radical (unpaired) electrons. The van der Waals surface area contributed by atoms with Crippen molar-refractivity contribution in [2.75, 3.05) is 0 Å². The lowest BCUT2D eigenvalue weighted by molar-refractivity contribution is -0.274. The van der Waals surface area contributed by atoms with Gasteiger partial charge in [0.15, 0.2) is 0 Å². The molecule has 0 bridgehead atoms. The summed E-state index contributed by atoms with van der Waals surface area (Å²) in [5.41, 5.74) is 2.21. The Labute approximate surface area is 205 Å². The van der Waals surface area contributed by atoms with Crippen LogP contribution >= 0.6 is 0 Å². The maximum Gasteiger partial charge on any atom is 0.573 e. The van der Waals surface area contributed by atoms with Crippen LogP contribution < -0.4 is 4.74 Å². The van der Waals surface area contributed by atoms with E-state index < -0.39 is 12.3 Å². The van der Waals surface area contributed by atoms with E-state index in [1.165, 1.54) is 57.1 Å². The molecule has 2 aromatic carbocycles. The lowest BCUT2D eigenvalue weighted by Crippen LogP contribution is -2.38. The molecule has 2 fully saturated rings. The summed E-state index contributed by atoms with van der Waals surface area (Å²) in [7, 11) is 0. The maximum absolute atomic E-state index is 12.5. The lowest BCUT2D eigenvalue weighted by Gasteiger charge is -2.40. The molecule has 35 heavy (non-hydrogen) atoms. The van der Waals surface area contributed by atoms with Gasteiger partial charge >= 0.3 is 12.3 Å². The summed E-state index contributed by atoms with van der Waals surface area (Å²) in [5.74, 6) is 0.505. The molecule has 0 aromatic heterocycles. The number of carbonyl (C=O) groups is 1. The molecule has 7 heteroatoms. The van der Waals surface area contributed by atoms with E-state index in [0.29, 0.717) is 19.1 Å². The van der Waals surface area contributed by atoms with Gasteiger partial charge in [0.1, 0.15) is 5.75 Å². The number of carboxylic acids is 1. The van der Waals surface area contributed by atoms with Crippen molar-refractivity contribution in [2.24, 2.45) is 11.8 Å². The van der Waals surface area contributed by atoms with E-state index in [1.54, 1.807) is 24.3 Å². The third kappa shape index (κ3) is 7.47. The highest BCUT2D eigenvalue weighted by Crippen LogP contribution is 2.40. The molecule has 0 saturated heterocycles. The van der Waals surface area contributed by atoms with Crippen LogP contribution in [-0.2, 0) is 13.1 Å². The number of benzene rings is 2. The van der Waals surface area contributed by atoms with Crippen LogP contribution in [-0.4, -0.2) is 28.4 Å². The van der Waals surface area contributed by atoms with Gasteiger partial charge in [0.2, 0.25) is 0 Å². The normalized spacial score (nSPS) is 21.7. The van der Waals surface area contributed by atoms with Crippen molar-refractivity contribution in [3.8, 4) is 5.75 Å². The summed E-state index contributed by atoms with van der Waals surface area (Å²) in [5, 5.41) is 9.19. The molecule has 2 saturated carbocycles. The quantitative estimate of drug-likeness (QED) is 0.419. The van der Waals surface area contributed by atoms with Crippen LogP contribution in [0.15, 0.2) is 48.5 Å². The second-order valence-corrected chi connectivity index (χ2v) is 10.1. The third-order valence-corrected chi connectivity index (χ3v) is 7.70. The smallest absolute Gasteiger partial charge is 0.478 e. The van der Waals surface area contributed by atoms with E-state index in [4.69, 9.17) is 0 Å². The number of hydrogen-bond acceptors (Lipinski definition) is 3. The number of carboxylic acid groups (broad SMARTS) is 1. The number of hydrogen-bond donors (Lipinski definition) is 1. The van der Waals surface area contributed by atoms with Crippen molar-refractivity contribution < 1.29 is 27.8 Å². The zero-order valence-electron chi connectivity index (χ0n) is 20.0. The largest absolute Gasteiger partial charge is 0.573 e. The van der Waals surface area contributed by atoms with Crippen molar-refractivity contribution in [1.82, 2.24) is 4.90 Å². The van der Waals surface area contributed by atoms with Crippen LogP contribution in [0.5, 0.6) is 5.75 Å². The zero-order valence-corrected chi connectivity index (χ0v) is 20.0. The molecule has 0 aliphatic heterocycles. The second-order valence-electron chi connectivity index (χ2n) is 10.1. The van der Waals surface area contributed by atoms with Crippen molar-refractivity contribution in [2.45, 2.75) is 83.3 Å². The van der Waals surface area contributed by atoms with E-state index in [2.05, 4.69) is 9.64 Å². The van der Waals surface area contributed by atoms with Crippen LogP contribution in [0.2, 0.25) is 0 Å². The van der Waals surface area contributed by atoms with Crippen LogP contribution in [0.4, 0.5) is 13.2 Å². The second kappa shape index (κ2) is 11.5. The van der Waals surface area contributed by atoms with Crippen molar-refractivity contribution in [3.63, 3.8) is 0 Å². The average Bonchev–Trinajstić information content (AvgIpc) is 2.85. The molecule has 0 amide bonds. The van der Waals surface area contributed by atoms with Crippen molar-refractivity contribution in [1.29, 1.82) is 0 Å². The Balaban J connectivity index is 1.44.